The van der Waals surface area contributed by atoms with Crippen molar-refractivity contribution in [1.82, 2.24) is 5.32 Å². The monoisotopic (exact) mass is 254 g/mol. The number of nitrogens with one attached hydrogen (secondary N) is 1. The van der Waals surface area contributed by atoms with E-state index in [-0.39, 0.29) is 12.1 Å². The van der Waals surface area contributed by atoms with Gasteiger partial charge in [-0.15, -0.1) is 0 Å². The van der Waals surface area contributed by atoms with Gasteiger partial charge in [-0.1, -0.05) is 0 Å². The van der Waals surface area contributed by atoms with E-state index in [1.807, 2.05) is 0 Å². The summed E-state index contributed by atoms with van der Waals surface area (Å²) in [5.41, 5.74) is 5.38. The molecular weight excluding hydrogens is 233 g/mol. The molecule has 6 heteroatoms. The van der Waals surface area contributed by atoms with Crippen LogP contribution in [0.4, 0.5) is 13.2 Å². The standard InChI is InChI=1S/C11H21F3N2O/c12-11(13,14)8-17-10-4-1-3-9(7-10)16-6-2-5-15/h9-10,16H,1-8,15H2. The normalized spacial score (nSPS) is 26.1. The molecule has 0 heterocycles. The van der Waals surface area contributed by atoms with Crippen molar-refractivity contribution in [2.45, 2.75) is 50.4 Å². The van der Waals surface area contributed by atoms with Gasteiger partial charge in [0, 0.05) is 6.04 Å². The number of rotatable bonds is 6. The Morgan fingerprint density at radius 2 is 2.06 bits per heavy atom. The summed E-state index contributed by atoms with van der Waals surface area (Å²) in [5, 5.41) is 3.31. The molecular formula is C11H21F3N2O. The van der Waals surface area contributed by atoms with Crippen LogP contribution in [0, 0.1) is 0 Å². The maximum Gasteiger partial charge on any atom is 0.411 e. The highest BCUT2D eigenvalue weighted by Crippen LogP contribution is 2.24. The highest BCUT2D eigenvalue weighted by Gasteiger charge is 2.31. The molecule has 0 bridgehead atoms. The Bertz CT molecular complexity index is 211. The number of nitrogens with two attached hydrogens (primary N) is 1. The lowest BCUT2D eigenvalue weighted by Crippen LogP contribution is -2.38. The zero-order valence-corrected chi connectivity index (χ0v) is 9.93. The predicted molar refractivity (Wildman–Crippen MR) is 59.7 cm³/mol. The van der Waals surface area contributed by atoms with E-state index in [2.05, 4.69) is 5.32 Å². The molecule has 0 aromatic heterocycles. The maximum atomic E-state index is 12.0. The molecule has 17 heavy (non-hydrogen) atoms. The van der Waals surface area contributed by atoms with Gasteiger partial charge in [-0.05, 0) is 45.2 Å². The number of hydrogen-bond donors (Lipinski definition) is 2. The lowest BCUT2D eigenvalue weighted by atomic mass is 9.93. The molecule has 3 N–H and O–H groups in total. The van der Waals surface area contributed by atoms with Crippen molar-refractivity contribution in [3.8, 4) is 0 Å². The summed E-state index contributed by atoms with van der Waals surface area (Å²) in [7, 11) is 0. The van der Waals surface area contributed by atoms with Crippen LogP contribution in [-0.2, 0) is 4.74 Å². The molecule has 1 aliphatic rings. The molecule has 1 fully saturated rings. The Hall–Kier alpha value is -0.330. The lowest BCUT2D eigenvalue weighted by Gasteiger charge is -2.30. The molecule has 0 spiro atoms. The van der Waals surface area contributed by atoms with E-state index in [9.17, 15) is 13.2 Å². The first-order chi connectivity index (χ1) is 8.01. The number of ether oxygens (including phenoxy) is 1. The molecule has 0 aliphatic heterocycles. The minimum atomic E-state index is -4.22. The fraction of sp³-hybridized carbons (Fsp3) is 1.00. The van der Waals surface area contributed by atoms with Crippen molar-refractivity contribution in [3.05, 3.63) is 0 Å². The van der Waals surface area contributed by atoms with Gasteiger partial charge in [-0.2, -0.15) is 13.2 Å². The first kappa shape index (κ1) is 14.7. The second-order valence-electron chi connectivity index (χ2n) is 4.51. The van der Waals surface area contributed by atoms with E-state index in [0.29, 0.717) is 13.0 Å². The molecule has 0 amide bonds. The van der Waals surface area contributed by atoms with Crippen molar-refractivity contribution >= 4 is 0 Å². The molecule has 1 aliphatic carbocycles. The Labute approximate surface area is 99.9 Å². The van der Waals surface area contributed by atoms with Crippen LogP contribution in [-0.4, -0.2) is 38.0 Å². The van der Waals surface area contributed by atoms with Gasteiger partial charge in [0.05, 0.1) is 6.10 Å². The zero-order valence-electron chi connectivity index (χ0n) is 9.93. The Morgan fingerprint density at radius 3 is 2.71 bits per heavy atom. The number of alkyl halides is 3. The third kappa shape index (κ3) is 6.85. The van der Waals surface area contributed by atoms with Crippen LogP contribution in [0.15, 0.2) is 0 Å². The molecule has 0 aromatic carbocycles. The maximum absolute atomic E-state index is 12.0. The topological polar surface area (TPSA) is 47.3 Å². The molecule has 0 radical (unpaired) electrons. The van der Waals surface area contributed by atoms with Crippen molar-refractivity contribution < 1.29 is 17.9 Å². The second-order valence-corrected chi connectivity index (χ2v) is 4.51. The minimum absolute atomic E-state index is 0.263. The summed E-state index contributed by atoms with van der Waals surface area (Å²) in [5.74, 6) is 0. The van der Waals surface area contributed by atoms with E-state index >= 15 is 0 Å². The zero-order chi connectivity index (χ0) is 12.7. The first-order valence-electron chi connectivity index (χ1n) is 6.13. The van der Waals surface area contributed by atoms with Crippen LogP contribution in [0.2, 0.25) is 0 Å². The highest BCUT2D eigenvalue weighted by atomic mass is 19.4. The van der Waals surface area contributed by atoms with Gasteiger partial charge in [0.25, 0.3) is 0 Å². The second kappa shape index (κ2) is 7.18. The van der Waals surface area contributed by atoms with Crippen LogP contribution in [0.5, 0.6) is 0 Å². The average Bonchev–Trinajstić information content (AvgIpc) is 2.27. The van der Waals surface area contributed by atoms with Gasteiger partial charge in [-0.3, -0.25) is 0 Å². The molecule has 1 saturated carbocycles. The number of hydrogen-bond acceptors (Lipinski definition) is 3. The molecule has 102 valence electrons. The van der Waals surface area contributed by atoms with Crippen molar-refractivity contribution in [3.63, 3.8) is 0 Å². The molecule has 0 aromatic rings. The van der Waals surface area contributed by atoms with Gasteiger partial charge in [-0.25, -0.2) is 0 Å². The van der Waals surface area contributed by atoms with Crippen LogP contribution >= 0.6 is 0 Å². The fourth-order valence-electron chi connectivity index (χ4n) is 2.10. The lowest BCUT2D eigenvalue weighted by molar-refractivity contribution is -0.188. The molecule has 2 atom stereocenters. The molecule has 2 unspecified atom stereocenters. The molecule has 1 rings (SSSR count). The van der Waals surface area contributed by atoms with Gasteiger partial charge < -0.3 is 15.8 Å². The Kier molecular flexibility index (Phi) is 6.22. The third-order valence-corrected chi connectivity index (χ3v) is 2.92. The summed E-state index contributed by atoms with van der Waals surface area (Å²) >= 11 is 0. The first-order valence-corrected chi connectivity index (χ1v) is 6.13. The summed E-state index contributed by atoms with van der Waals surface area (Å²) in [6.45, 7) is 0.327. The predicted octanol–water partition coefficient (Wildman–Crippen LogP) is 1.81. The number of halogens is 3. The van der Waals surface area contributed by atoms with Crippen molar-refractivity contribution in [1.29, 1.82) is 0 Å². The Balaban J connectivity index is 2.19. The van der Waals surface area contributed by atoms with E-state index in [1.165, 1.54) is 0 Å². The molecule has 0 saturated heterocycles. The molecule has 3 nitrogen and oxygen atoms in total. The fourth-order valence-corrected chi connectivity index (χ4v) is 2.10. The average molecular weight is 254 g/mol. The van der Waals surface area contributed by atoms with Crippen LogP contribution < -0.4 is 11.1 Å². The van der Waals surface area contributed by atoms with Gasteiger partial charge in [0.15, 0.2) is 0 Å². The minimum Gasteiger partial charge on any atom is -0.369 e. The van der Waals surface area contributed by atoms with Crippen LogP contribution in [0.1, 0.15) is 32.1 Å². The van der Waals surface area contributed by atoms with E-state index in [0.717, 1.165) is 32.2 Å². The summed E-state index contributed by atoms with van der Waals surface area (Å²) in [6.07, 6.45) is -0.268. The quantitative estimate of drug-likeness (QED) is 0.711. The van der Waals surface area contributed by atoms with Gasteiger partial charge in [0.2, 0.25) is 0 Å². The van der Waals surface area contributed by atoms with E-state index < -0.39 is 12.8 Å². The van der Waals surface area contributed by atoms with Crippen molar-refractivity contribution in [2.75, 3.05) is 19.7 Å². The Morgan fingerprint density at radius 1 is 1.29 bits per heavy atom. The van der Waals surface area contributed by atoms with Gasteiger partial charge in [0.1, 0.15) is 6.61 Å². The smallest absolute Gasteiger partial charge is 0.369 e. The van der Waals surface area contributed by atoms with Gasteiger partial charge >= 0.3 is 6.18 Å². The van der Waals surface area contributed by atoms with Crippen LogP contribution in [0.3, 0.4) is 0 Å². The largest absolute Gasteiger partial charge is 0.411 e. The van der Waals surface area contributed by atoms with Crippen LogP contribution in [0.25, 0.3) is 0 Å². The summed E-state index contributed by atoms with van der Waals surface area (Å²) in [6, 6.07) is 0.272. The summed E-state index contributed by atoms with van der Waals surface area (Å²) in [4.78, 5) is 0. The third-order valence-electron chi connectivity index (χ3n) is 2.92. The van der Waals surface area contributed by atoms with Crippen molar-refractivity contribution in [2.24, 2.45) is 5.73 Å². The highest BCUT2D eigenvalue weighted by molar-refractivity contribution is 4.78. The van der Waals surface area contributed by atoms with E-state index in [1.54, 1.807) is 0 Å². The SMILES string of the molecule is NCCCNC1CCCC(OCC(F)(F)F)C1. The summed E-state index contributed by atoms with van der Waals surface area (Å²) < 4.78 is 40.9. The van der Waals surface area contributed by atoms with E-state index in [4.69, 9.17) is 10.5 Å².